The van der Waals surface area contributed by atoms with Gasteiger partial charge in [0.1, 0.15) is 23.3 Å². The fraction of sp³-hybridized carbons (Fsp3) is 0.174. The Kier molecular flexibility index (Phi) is 9.58. The van der Waals surface area contributed by atoms with Crippen molar-refractivity contribution >= 4 is 51.7 Å². The van der Waals surface area contributed by atoms with Crippen LogP contribution in [0.1, 0.15) is 11.1 Å². The zero-order valence-corrected chi connectivity index (χ0v) is 19.4. The van der Waals surface area contributed by atoms with Crippen LogP contribution in [0.3, 0.4) is 0 Å². The Bertz CT molecular complexity index is 1050. The summed E-state index contributed by atoms with van der Waals surface area (Å²) in [6.45, 7) is 0. The molecule has 1 unspecified atom stereocenters. The summed E-state index contributed by atoms with van der Waals surface area (Å²) in [5, 5.41) is 2.54. The minimum atomic E-state index is -0.843. The second-order valence-corrected chi connectivity index (χ2v) is 6.78. The number of ketones is 1. The van der Waals surface area contributed by atoms with Crippen LogP contribution in [0.5, 0.6) is 0 Å². The second kappa shape index (κ2) is 12.4. The highest BCUT2D eigenvalue weighted by Crippen LogP contribution is 2.11. The number of rotatable bonds is 8. The van der Waals surface area contributed by atoms with Crippen molar-refractivity contribution in [2.24, 2.45) is 23.9 Å². The first-order valence-electron chi connectivity index (χ1n) is 9.37. The first-order chi connectivity index (χ1) is 15.0. The molecule has 0 aromatic heterocycles. The van der Waals surface area contributed by atoms with E-state index >= 15 is 0 Å². The zero-order chi connectivity index (χ0) is 22.6. The first kappa shape index (κ1) is 24.0. The largest absolute Gasteiger partial charge is 0.382 e. The van der Waals surface area contributed by atoms with E-state index in [1.54, 1.807) is 7.05 Å². The molecule has 0 bridgehead atoms. The molecule has 0 aliphatic rings. The van der Waals surface area contributed by atoms with Crippen LogP contribution in [0.25, 0.3) is 0 Å². The van der Waals surface area contributed by atoms with Crippen LogP contribution in [0.15, 0.2) is 78.8 Å². The Morgan fingerprint density at radius 1 is 1.10 bits per heavy atom. The van der Waals surface area contributed by atoms with Crippen molar-refractivity contribution < 1.29 is 4.79 Å². The number of aliphatic imine (C=N–C) groups is 3. The molecule has 0 heterocycles. The monoisotopic (exact) mass is 526 g/mol. The summed E-state index contributed by atoms with van der Waals surface area (Å²) in [5.41, 5.74) is 9.06. The molecule has 7 nitrogen and oxygen atoms in total. The molecule has 31 heavy (non-hydrogen) atoms. The number of hydrogen-bond acceptors (Lipinski definition) is 5. The Morgan fingerprint density at radius 2 is 1.71 bits per heavy atom. The molecule has 0 radical (unpaired) electrons. The van der Waals surface area contributed by atoms with E-state index in [4.69, 9.17) is 12.2 Å². The molecule has 0 fully saturated rings. The number of hydrogen-bond donors (Lipinski definition) is 2. The van der Waals surface area contributed by atoms with Gasteiger partial charge in [-0.25, -0.2) is 3.21 Å². The lowest BCUT2D eigenvalue weighted by molar-refractivity contribution is -0.114. The van der Waals surface area contributed by atoms with E-state index in [-0.39, 0.29) is 17.5 Å². The minimum Gasteiger partial charge on any atom is -0.382 e. The van der Waals surface area contributed by atoms with Crippen molar-refractivity contribution in [2.45, 2.75) is 12.5 Å². The van der Waals surface area contributed by atoms with Crippen molar-refractivity contribution in [2.75, 3.05) is 14.1 Å². The number of carbonyl (C=O) groups is 1. The quantitative estimate of drug-likeness (QED) is 0.182. The molecule has 2 aromatic rings. The Balaban J connectivity index is 2.46. The third-order valence-corrected chi connectivity index (χ3v) is 4.82. The lowest BCUT2D eigenvalue weighted by Gasteiger charge is -2.15. The lowest BCUT2D eigenvalue weighted by atomic mass is 10.0. The fourth-order valence-electron chi connectivity index (χ4n) is 2.88. The van der Waals surface area contributed by atoms with E-state index in [2.05, 4.69) is 29.5 Å². The molecule has 0 aliphatic heterocycles. The summed E-state index contributed by atoms with van der Waals surface area (Å²) >= 11 is 1.90. The first-order valence-corrected chi connectivity index (χ1v) is 10.3. The summed E-state index contributed by atoms with van der Waals surface area (Å²) in [7, 11) is 3.09. The van der Waals surface area contributed by atoms with Crippen LogP contribution in [0.2, 0.25) is 0 Å². The summed E-state index contributed by atoms with van der Waals surface area (Å²) in [6, 6.07) is 20.4. The topological polar surface area (TPSA) is 105 Å². The smallest absolute Gasteiger partial charge is 0.223 e. The van der Waals surface area contributed by atoms with Gasteiger partial charge in [0, 0.05) is 32.1 Å². The highest BCUT2D eigenvalue weighted by Gasteiger charge is 2.25. The molecule has 2 aromatic carbocycles. The average molecular weight is 526 g/mol. The van der Waals surface area contributed by atoms with Gasteiger partial charge in [0.15, 0.2) is 5.84 Å². The number of nitrogens with two attached hydrogens (primary N) is 1. The van der Waals surface area contributed by atoms with Gasteiger partial charge in [0.25, 0.3) is 0 Å². The van der Waals surface area contributed by atoms with Gasteiger partial charge >= 0.3 is 0 Å². The average Bonchev–Trinajstić information content (AvgIpc) is 2.81. The third kappa shape index (κ3) is 6.58. The predicted molar refractivity (Wildman–Crippen MR) is 136 cm³/mol. The highest BCUT2D eigenvalue weighted by atomic mass is 127. The summed E-state index contributed by atoms with van der Waals surface area (Å²) in [5.74, 6) is -0.219. The molecule has 0 aliphatic carbocycles. The van der Waals surface area contributed by atoms with Gasteiger partial charge < -0.3 is 5.73 Å². The van der Waals surface area contributed by atoms with E-state index < -0.39 is 6.04 Å². The number of nitrogens with one attached hydrogen (secondary N) is 1. The summed E-state index contributed by atoms with van der Waals surface area (Å²) in [4.78, 5) is 25.9. The standard InChI is InChI=1S/C23H23IN6O/c1-4-28-23(27-3)21(31)18(15-16-11-7-5-8-12-16)29-22(25)20(26-2)19(30-24)17-13-9-6-10-14-17/h1,5-14,18H,15H2,2-3H3,(H2,25,29)(H,27,28). The SMILES string of the molecule is C#CNC(=NC)C(=O)C(Cc1ccccc1)N=C(N)C(=NC)C(=NI)c1ccccc1. The van der Waals surface area contributed by atoms with Gasteiger partial charge in [-0.15, -0.1) is 0 Å². The van der Waals surface area contributed by atoms with Gasteiger partial charge in [-0.1, -0.05) is 67.1 Å². The Hall–Kier alpha value is -3.32. The van der Waals surface area contributed by atoms with Crippen LogP contribution in [0, 0.1) is 12.5 Å². The maximum atomic E-state index is 13.1. The van der Waals surface area contributed by atoms with Crippen molar-refractivity contribution in [1.29, 1.82) is 0 Å². The zero-order valence-electron chi connectivity index (χ0n) is 17.3. The lowest BCUT2D eigenvalue weighted by Crippen LogP contribution is -2.40. The van der Waals surface area contributed by atoms with E-state index in [1.165, 1.54) is 7.05 Å². The van der Waals surface area contributed by atoms with Crippen LogP contribution in [0.4, 0.5) is 0 Å². The number of carbonyl (C=O) groups excluding carboxylic acids is 1. The molecule has 2 rings (SSSR count). The van der Waals surface area contributed by atoms with E-state index in [0.29, 0.717) is 17.8 Å². The van der Waals surface area contributed by atoms with Gasteiger partial charge in [0.2, 0.25) is 5.78 Å². The van der Waals surface area contributed by atoms with Crippen LogP contribution in [-0.4, -0.2) is 49.0 Å². The number of terminal acetylenes is 1. The molecule has 158 valence electrons. The molecular formula is C23H23IN6O. The highest BCUT2D eigenvalue weighted by molar-refractivity contribution is 14.1. The normalized spacial score (nSPS) is 14.0. The Morgan fingerprint density at radius 3 is 2.23 bits per heavy atom. The van der Waals surface area contributed by atoms with Gasteiger partial charge in [-0.3, -0.25) is 25.1 Å². The predicted octanol–water partition coefficient (Wildman–Crippen LogP) is 2.64. The number of nitrogens with zero attached hydrogens (tertiary/aromatic N) is 4. The molecule has 0 saturated carbocycles. The summed E-state index contributed by atoms with van der Waals surface area (Å²) in [6.07, 6.45) is 5.62. The molecule has 0 saturated heterocycles. The molecular weight excluding hydrogens is 503 g/mol. The Labute approximate surface area is 196 Å². The van der Waals surface area contributed by atoms with Gasteiger partial charge in [-0.05, 0) is 5.56 Å². The van der Waals surface area contributed by atoms with E-state index in [0.717, 1.165) is 11.1 Å². The van der Waals surface area contributed by atoms with E-state index in [1.807, 2.05) is 83.5 Å². The van der Waals surface area contributed by atoms with Crippen LogP contribution in [-0.2, 0) is 11.2 Å². The molecule has 0 amide bonds. The van der Waals surface area contributed by atoms with Crippen molar-refractivity contribution in [3.8, 4) is 12.5 Å². The van der Waals surface area contributed by atoms with E-state index in [9.17, 15) is 4.79 Å². The molecule has 1 atom stereocenters. The molecule has 3 N–H and O–H groups in total. The second-order valence-electron chi connectivity index (χ2n) is 6.30. The van der Waals surface area contributed by atoms with Gasteiger partial charge in [0.05, 0.1) is 22.9 Å². The summed E-state index contributed by atoms with van der Waals surface area (Å²) < 4.78 is 4.31. The number of Topliss-reactive ketones (excluding diaryl/α,β-unsaturated/α-hetero) is 1. The van der Waals surface area contributed by atoms with Crippen molar-refractivity contribution in [3.05, 3.63) is 71.8 Å². The number of amidine groups is 2. The van der Waals surface area contributed by atoms with Crippen LogP contribution >= 0.6 is 22.9 Å². The van der Waals surface area contributed by atoms with Gasteiger partial charge in [-0.2, -0.15) is 0 Å². The van der Waals surface area contributed by atoms with Crippen LogP contribution < -0.4 is 11.1 Å². The van der Waals surface area contributed by atoms with Crippen molar-refractivity contribution in [3.63, 3.8) is 0 Å². The minimum absolute atomic E-state index is 0.0424. The molecule has 0 spiro atoms. The maximum absolute atomic E-state index is 13.1. The number of benzene rings is 2. The van der Waals surface area contributed by atoms with Crippen molar-refractivity contribution in [1.82, 2.24) is 5.32 Å². The fourth-order valence-corrected chi connectivity index (χ4v) is 3.39. The number of halogens is 1. The third-order valence-electron chi connectivity index (χ3n) is 4.34. The molecule has 8 heteroatoms. The maximum Gasteiger partial charge on any atom is 0.223 e.